The molecule has 4 heteroatoms. The lowest BCUT2D eigenvalue weighted by Gasteiger charge is -2.19. The van der Waals surface area contributed by atoms with Crippen LogP contribution in [0.3, 0.4) is 0 Å². The molecule has 2 aromatic carbocycles. The summed E-state index contributed by atoms with van der Waals surface area (Å²) in [5.74, 6) is 0.286. The predicted molar refractivity (Wildman–Crippen MR) is 79.1 cm³/mol. The van der Waals surface area contributed by atoms with Gasteiger partial charge in [0.25, 0.3) is 0 Å². The Hall–Kier alpha value is -1.55. The maximum Gasteiger partial charge on any atom is 0.132 e. The Morgan fingerprint density at radius 3 is 2.47 bits per heavy atom. The number of nitrogens with one attached hydrogen (secondary N) is 1. The molecule has 0 saturated heterocycles. The Kier molecular flexibility index (Phi) is 4.43. The zero-order chi connectivity index (χ0) is 13.8. The van der Waals surface area contributed by atoms with Crippen molar-refractivity contribution in [2.75, 3.05) is 12.4 Å². The van der Waals surface area contributed by atoms with Crippen molar-refractivity contribution >= 4 is 21.6 Å². The second-order valence-corrected chi connectivity index (χ2v) is 5.14. The molecule has 0 spiro atoms. The fraction of sp³-hybridized carbons (Fsp3) is 0.200. The van der Waals surface area contributed by atoms with E-state index in [1.165, 1.54) is 6.07 Å². The predicted octanol–water partition coefficient (Wildman–Crippen LogP) is 4.77. The summed E-state index contributed by atoms with van der Waals surface area (Å²) in [6, 6.07) is 12.4. The monoisotopic (exact) mass is 323 g/mol. The van der Waals surface area contributed by atoms with Crippen LogP contribution in [0.25, 0.3) is 0 Å². The van der Waals surface area contributed by atoms with Gasteiger partial charge in [-0.05, 0) is 43.3 Å². The first kappa shape index (κ1) is 13.9. The average Bonchev–Trinajstić information content (AvgIpc) is 2.40. The van der Waals surface area contributed by atoms with Crippen LogP contribution in [0.15, 0.2) is 46.9 Å². The number of hydrogen-bond donors (Lipinski definition) is 1. The van der Waals surface area contributed by atoms with Gasteiger partial charge in [-0.3, -0.25) is 0 Å². The first-order chi connectivity index (χ1) is 9.11. The van der Waals surface area contributed by atoms with Crippen LogP contribution in [0.5, 0.6) is 5.75 Å². The molecule has 0 radical (unpaired) electrons. The number of anilines is 1. The van der Waals surface area contributed by atoms with E-state index < -0.39 is 0 Å². The molecule has 1 unspecified atom stereocenters. The van der Waals surface area contributed by atoms with E-state index in [9.17, 15) is 4.39 Å². The molecular weight excluding hydrogens is 309 g/mol. The molecule has 0 heterocycles. The van der Waals surface area contributed by atoms with Crippen molar-refractivity contribution < 1.29 is 9.13 Å². The van der Waals surface area contributed by atoms with Crippen LogP contribution < -0.4 is 10.1 Å². The van der Waals surface area contributed by atoms with Gasteiger partial charge in [0.15, 0.2) is 0 Å². The SMILES string of the molecule is COc1cccc(F)c1C(C)Nc1ccc(Br)cc1. The first-order valence-electron chi connectivity index (χ1n) is 5.96. The van der Waals surface area contributed by atoms with Gasteiger partial charge in [-0.1, -0.05) is 22.0 Å². The Balaban J connectivity index is 2.24. The van der Waals surface area contributed by atoms with Crippen molar-refractivity contribution in [3.05, 3.63) is 58.3 Å². The van der Waals surface area contributed by atoms with Crippen LogP contribution in [0.2, 0.25) is 0 Å². The fourth-order valence-electron chi connectivity index (χ4n) is 1.98. The van der Waals surface area contributed by atoms with E-state index in [1.54, 1.807) is 19.2 Å². The molecule has 2 rings (SSSR count). The van der Waals surface area contributed by atoms with Gasteiger partial charge in [0.2, 0.25) is 0 Å². The summed E-state index contributed by atoms with van der Waals surface area (Å²) in [5, 5.41) is 3.26. The highest BCUT2D eigenvalue weighted by Gasteiger charge is 2.16. The van der Waals surface area contributed by atoms with E-state index in [4.69, 9.17) is 4.74 Å². The molecule has 19 heavy (non-hydrogen) atoms. The number of benzene rings is 2. The molecule has 2 aromatic rings. The molecule has 0 saturated carbocycles. The van der Waals surface area contributed by atoms with E-state index in [0.29, 0.717) is 11.3 Å². The van der Waals surface area contributed by atoms with Gasteiger partial charge >= 0.3 is 0 Å². The van der Waals surface area contributed by atoms with Crippen LogP contribution in [0.4, 0.5) is 10.1 Å². The largest absolute Gasteiger partial charge is 0.496 e. The van der Waals surface area contributed by atoms with E-state index in [0.717, 1.165) is 10.2 Å². The Morgan fingerprint density at radius 2 is 1.84 bits per heavy atom. The van der Waals surface area contributed by atoms with Crippen molar-refractivity contribution in [2.24, 2.45) is 0 Å². The third-order valence-corrected chi connectivity index (χ3v) is 3.42. The minimum absolute atomic E-state index is 0.183. The standard InChI is InChI=1S/C15H15BrFNO/c1-10(18-12-8-6-11(16)7-9-12)15-13(17)4-3-5-14(15)19-2/h3-10,18H,1-2H3. The molecule has 0 bridgehead atoms. The number of methoxy groups -OCH3 is 1. The smallest absolute Gasteiger partial charge is 0.132 e. The van der Waals surface area contributed by atoms with Crippen LogP contribution in [0.1, 0.15) is 18.5 Å². The third kappa shape index (κ3) is 3.26. The third-order valence-electron chi connectivity index (χ3n) is 2.89. The van der Waals surface area contributed by atoms with E-state index >= 15 is 0 Å². The van der Waals surface area contributed by atoms with Gasteiger partial charge in [-0.15, -0.1) is 0 Å². The van der Waals surface area contributed by atoms with E-state index in [-0.39, 0.29) is 11.9 Å². The lowest BCUT2D eigenvalue weighted by atomic mass is 10.1. The summed E-state index contributed by atoms with van der Waals surface area (Å²) in [6.45, 7) is 1.91. The summed E-state index contributed by atoms with van der Waals surface area (Å²) in [4.78, 5) is 0. The summed E-state index contributed by atoms with van der Waals surface area (Å²) < 4.78 is 20.2. The molecule has 1 atom stereocenters. The fourth-order valence-corrected chi connectivity index (χ4v) is 2.25. The number of rotatable bonds is 4. The maximum atomic E-state index is 13.9. The van der Waals surface area contributed by atoms with Crippen LogP contribution in [0, 0.1) is 5.82 Å². The molecule has 0 fully saturated rings. The number of halogens is 2. The molecule has 0 aliphatic carbocycles. The summed E-state index contributed by atoms with van der Waals surface area (Å²) >= 11 is 3.38. The van der Waals surface area contributed by atoms with Crippen LogP contribution in [-0.4, -0.2) is 7.11 Å². The topological polar surface area (TPSA) is 21.3 Å². The van der Waals surface area contributed by atoms with Crippen LogP contribution >= 0.6 is 15.9 Å². The molecular formula is C15H15BrFNO. The average molecular weight is 324 g/mol. The lowest BCUT2D eigenvalue weighted by Crippen LogP contribution is -2.10. The first-order valence-corrected chi connectivity index (χ1v) is 6.75. The Bertz CT molecular complexity index is 557. The van der Waals surface area contributed by atoms with Gasteiger partial charge < -0.3 is 10.1 Å². The number of ether oxygens (including phenoxy) is 1. The molecule has 0 aromatic heterocycles. The van der Waals surface area contributed by atoms with Crippen molar-refractivity contribution in [1.29, 1.82) is 0 Å². The second-order valence-electron chi connectivity index (χ2n) is 4.23. The quantitative estimate of drug-likeness (QED) is 0.875. The Morgan fingerprint density at radius 1 is 1.16 bits per heavy atom. The summed E-state index contributed by atoms with van der Waals surface area (Å²) in [6.07, 6.45) is 0. The summed E-state index contributed by atoms with van der Waals surface area (Å²) in [7, 11) is 1.55. The van der Waals surface area contributed by atoms with Crippen molar-refractivity contribution in [3.8, 4) is 5.75 Å². The van der Waals surface area contributed by atoms with Crippen molar-refractivity contribution in [2.45, 2.75) is 13.0 Å². The van der Waals surface area contributed by atoms with Gasteiger partial charge in [0.05, 0.1) is 18.7 Å². The normalized spacial score (nSPS) is 12.0. The molecule has 100 valence electrons. The van der Waals surface area contributed by atoms with E-state index in [2.05, 4.69) is 21.2 Å². The Labute approximate surface area is 120 Å². The van der Waals surface area contributed by atoms with Gasteiger partial charge in [0, 0.05) is 10.2 Å². The zero-order valence-corrected chi connectivity index (χ0v) is 12.4. The highest BCUT2D eigenvalue weighted by Crippen LogP contribution is 2.30. The molecule has 0 amide bonds. The minimum atomic E-state index is -0.267. The molecule has 0 aliphatic rings. The van der Waals surface area contributed by atoms with Crippen LogP contribution in [-0.2, 0) is 0 Å². The zero-order valence-electron chi connectivity index (χ0n) is 10.8. The molecule has 0 aliphatic heterocycles. The molecule has 2 nitrogen and oxygen atoms in total. The van der Waals surface area contributed by atoms with Gasteiger partial charge in [0.1, 0.15) is 11.6 Å². The van der Waals surface area contributed by atoms with Gasteiger partial charge in [-0.2, -0.15) is 0 Å². The van der Waals surface area contributed by atoms with E-state index in [1.807, 2.05) is 31.2 Å². The highest BCUT2D eigenvalue weighted by atomic mass is 79.9. The number of hydrogen-bond acceptors (Lipinski definition) is 2. The maximum absolute atomic E-state index is 13.9. The lowest BCUT2D eigenvalue weighted by molar-refractivity contribution is 0.402. The minimum Gasteiger partial charge on any atom is -0.496 e. The van der Waals surface area contributed by atoms with Crippen molar-refractivity contribution in [3.63, 3.8) is 0 Å². The highest BCUT2D eigenvalue weighted by molar-refractivity contribution is 9.10. The second kappa shape index (κ2) is 6.06. The van der Waals surface area contributed by atoms with Crippen molar-refractivity contribution in [1.82, 2.24) is 0 Å². The summed E-state index contributed by atoms with van der Waals surface area (Å²) in [5.41, 5.74) is 1.47. The molecule has 1 N–H and O–H groups in total. The van der Waals surface area contributed by atoms with Gasteiger partial charge in [-0.25, -0.2) is 4.39 Å².